The summed E-state index contributed by atoms with van der Waals surface area (Å²) in [7, 11) is 1.73. The molecule has 1 heterocycles. The maximum atomic E-state index is 11.7. The fourth-order valence-electron chi connectivity index (χ4n) is 1.26. The number of carbonyl (C=O) groups is 1. The van der Waals surface area contributed by atoms with Crippen LogP contribution in [0.3, 0.4) is 0 Å². The van der Waals surface area contributed by atoms with E-state index in [9.17, 15) is 14.3 Å². The van der Waals surface area contributed by atoms with Crippen molar-refractivity contribution in [2.24, 2.45) is 0 Å². The van der Waals surface area contributed by atoms with E-state index in [0.717, 1.165) is 9.69 Å². The summed E-state index contributed by atoms with van der Waals surface area (Å²) in [5.41, 5.74) is -0.110. The molecule has 6 nitrogen and oxygen atoms in total. The summed E-state index contributed by atoms with van der Waals surface area (Å²) in [6.45, 7) is 1.64. The molecule has 0 aliphatic rings. The second-order valence-corrected chi connectivity index (χ2v) is 3.58. The number of hydrogen-bond donors (Lipinski definition) is 1. The standard InChI is InChI=1S/C10H12BN3O3/c1-7-4-3-5-14(10(7)16)13(2)9(15)6-8(12)11-17/h3-5,12H,6H2,1-2H3. The third kappa shape index (κ3) is 2.96. The molecule has 0 saturated carbocycles. The van der Waals surface area contributed by atoms with Crippen molar-refractivity contribution in [1.29, 1.82) is 5.41 Å². The molecule has 0 spiro atoms. The Balaban J connectivity index is 2.97. The number of nitrogens with zero attached hydrogens (tertiary/aromatic N) is 2. The molecule has 0 radical (unpaired) electrons. The fraction of sp³-hybridized carbons (Fsp3) is 0.300. The van der Waals surface area contributed by atoms with E-state index in [4.69, 9.17) is 5.41 Å². The molecule has 0 bridgehead atoms. The molecule has 7 heteroatoms. The Kier molecular flexibility index (Phi) is 4.09. The van der Waals surface area contributed by atoms with Gasteiger partial charge in [-0.15, -0.1) is 0 Å². The fourth-order valence-corrected chi connectivity index (χ4v) is 1.26. The van der Waals surface area contributed by atoms with E-state index in [1.807, 2.05) is 0 Å². The van der Waals surface area contributed by atoms with Crippen LogP contribution < -0.4 is 10.6 Å². The van der Waals surface area contributed by atoms with Crippen LogP contribution in [0.5, 0.6) is 0 Å². The van der Waals surface area contributed by atoms with Gasteiger partial charge in [-0.05, 0) is 0 Å². The number of nitrogens with one attached hydrogen (secondary N) is 1. The molecule has 1 aromatic rings. The minimum atomic E-state index is -0.491. The SMILES string of the molecule is Cc1cccn(N(C)C(=O)CC(=N)B=O)c1=O. The predicted molar refractivity (Wildman–Crippen MR) is 63.4 cm³/mol. The number of hydrogen-bond acceptors (Lipinski definition) is 4. The van der Waals surface area contributed by atoms with Crippen LogP contribution >= 0.6 is 0 Å². The van der Waals surface area contributed by atoms with E-state index >= 15 is 0 Å². The van der Waals surface area contributed by atoms with Gasteiger partial charge in [0.15, 0.2) is 0 Å². The zero-order chi connectivity index (χ0) is 13.0. The molecule has 1 amide bonds. The maximum absolute atomic E-state index is 11.7. The summed E-state index contributed by atoms with van der Waals surface area (Å²) in [6, 6.07) is 3.29. The monoisotopic (exact) mass is 233 g/mol. The van der Waals surface area contributed by atoms with Crippen LogP contribution in [-0.2, 0) is 9.50 Å². The molecular formula is C10H12BN3O3. The molecule has 17 heavy (non-hydrogen) atoms. The summed E-state index contributed by atoms with van der Waals surface area (Å²) in [4.78, 5) is 23.4. The first-order valence-electron chi connectivity index (χ1n) is 4.95. The zero-order valence-corrected chi connectivity index (χ0v) is 9.64. The average Bonchev–Trinajstić information content (AvgIpc) is 2.31. The topological polar surface area (TPSA) is 83.2 Å². The first kappa shape index (κ1) is 13.0. The van der Waals surface area contributed by atoms with Gasteiger partial charge in [-0.25, -0.2) is 0 Å². The third-order valence-electron chi connectivity index (χ3n) is 2.29. The van der Waals surface area contributed by atoms with Crippen LogP contribution in [0.25, 0.3) is 0 Å². The summed E-state index contributed by atoms with van der Waals surface area (Å²) < 4.78 is 11.4. The Morgan fingerprint density at radius 2 is 2.24 bits per heavy atom. The number of aryl methyl sites for hydroxylation is 1. The molecule has 0 aromatic carbocycles. The molecule has 0 saturated heterocycles. The van der Waals surface area contributed by atoms with Gasteiger partial charge in [0.05, 0.1) is 0 Å². The first-order chi connectivity index (χ1) is 7.97. The molecule has 1 N–H and O–H groups in total. The van der Waals surface area contributed by atoms with Crippen LogP contribution in [0.2, 0.25) is 0 Å². The van der Waals surface area contributed by atoms with Crippen molar-refractivity contribution in [3.63, 3.8) is 0 Å². The van der Waals surface area contributed by atoms with Gasteiger partial charge >= 0.3 is 97.9 Å². The van der Waals surface area contributed by atoms with Gasteiger partial charge < -0.3 is 0 Å². The van der Waals surface area contributed by atoms with Gasteiger partial charge in [0.25, 0.3) is 0 Å². The molecule has 0 aliphatic carbocycles. The van der Waals surface area contributed by atoms with Crippen molar-refractivity contribution >= 4 is 18.7 Å². The summed E-state index contributed by atoms with van der Waals surface area (Å²) in [5, 5.41) is 8.21. The molecule has 1 aromatic heterocycles. The molecular weight excluding hydrogens is 221 g/mol. The van der Waals surface area contributed by atoms with Crippen LogP contribution in [0.15, 0.2) is 23.1 Å². The van der Waals surface area contributed by atoms with E-state index in [-0.39, 0.29) is 17.6 Å². The van der Waals surface area contributed by atoms with Gasteiger partial charge in [0.1, 0.15) is 0 Å². The van der Waals surface area contributed by atoms with E-state index in [0.29, 0.717) is 12.7 Å². The van der Waals surface area contributed by atoms with Crippen molar-refractivity contribution < 1.29 is 9.50 Å². The van der Waals surface area contributed by atoms with Gasteiger partial charge in [-0.2, -0.15) is 0 Å². The van der Waals surface area contributed by atoms with Crippen molar-refractivity contribution in [2.75, 3.05) is 12.1 Å². The quantitative estimate of drug-likeness (QED) is 0.570. The van der Waals surface area contributed by atoms with Crippen molar-refractivity contribution in [1.82, 2.24) is 4.68 Å². The van der Waals surface area contributed by atoms with E-state index in [2.05, 4.69) is 0 Å². The second-order valence-electron chi connectivity index (χ2n) is 3.58. The molecule has 0 aliphatic heterocycles. The number of carbonyl (C=O) groups excluding carboxylic acids is 1. The van der Waals surface area contributed by atoms with E-state index in [1.165, 1.54) is 13.2 Å². The molecule has 88 valence electrons. The Bertz CT molecular complexity index is 524. The van der Waals surface area contributed by atoms with Crippen LogP contribution in [0.4, 0.5) is 0 Å². The average molecular weight is 233 g/mol. The molecule has 1 rings (SSSR count). The van der Waals surface area contributed by atoms with Gasteiger partial charge in [0.2, 0.25) is 0 Å². The van der Waals surface area contributed by atoms with E-state index in [1.54, 1.807) is 19.1 Å². The summed E-state index contributed by atoms with van der Waals surface area (Å²) in [6.07, 6.45) is 1.14. The molecule has 0 unspecified atom stereocenters. The van der Waals surface area contributed by atoms with Crippen LogP contribution in [0, 0.1) is 12.3 Å². The summed E-state index contributed by atoms with van der Waals surface area (Å²) in [5.74, 6) is -0.491. The van der Waals surface area contributed by atoms with Crippen LogP contribution in [0.1, 0.15) is 12.0 Å². The van der Waals surface area contributed by atoms with Gasteiger partial charge in [-0.1, -0.05) is 0 Å². The molecule has 0 atom stereocenters. The Morgan fingerprint density at radius 1 is 1.59 bits per heavy atom. The minimum absolute atomic E-state index is 0.305. The first-order valence-corrected chi connectivity index (χ1v) is 4.95. The Hall–Kier alpha value is -2.05. The Morgan fingerprint density at radius 3 is 2.82 bits per heavy atom. The summed E-state index contributed by atoms with van der Waals surface area (Å²) >= 11 is 0. The van der Waals surface area contributed by atoms with Crippen molar-refractivity contribution in [3.8, 4) is 0 Å². The van der Waals surface area contributed by atoms with Gasteiger partial charge in [0, 0.05) is 0 Å². The van der Waals surface area contributed by atoms with E-state index < -0.39 is 5.91 Å². The molecule has 0 fully saturated rings. The van der Waals surface area contributed by atoms with Crippen LogP contribution in [-0.4, -0.2) is 30.4 Å². The van der Waals surface area contributed by atoms with Crippen molar-refractivity contribution in [3.05, 3.63) is 34.2 Å². The number of amides is 1. The third-order valence-corrected chi connectivity index (χ3v) is 2.29. The van der Waals surface area contributed by atoms with Crippen molar-refractivity contribution in [2.45, 2.75) is 13.3 Å². The van der Waals surface area contributed by atoms with Gasteiger partial charge in [-0.3, -0.25) is 0 Å². The zero-order valence-electron chi connectivity index (χ0n) is 9.64. The number of rotatable bonds is 4. The second kappa shape index (κ2) is 5.33. The number of pyridine rings is 1. The predicted octanol–water partition coefficient (Wildman–Crippen LogP) is -0.332. The Labute approximate surface area is 98.6 Å². The normalized spacial score (nSPS) is 9.53. The number of aromatic nitrogens is 1.